The third kappa shape index (κ3) is 12.9. The summed E-state index contributed by atoms with van der Waals surface area (Å²) in [4.78, 5) is 14.3. The van der Waals surface area contributed by atoms with Gasteiger partial charge in [-0.2, -0.15) is 0 Å². The lowest BCUT2D eigenvalue weighted by Gasteiger charge is -2.41. The van der Waals surface area contributed by atoms with Crippen molar-refractivity contribution in [2.24, 2.45) is 17.8 Å². The average Bonchev–Trinajstić information content (AvgIpc) is 3.37. The van der Waals surface area contributed by atoms with E-state index in [-0.39, 0.29) is 29.3 Å². The molecule has 2 heterocycles. The zero-order chi connectivity index (χ0) is 35.4. The first kappa shape index (κ1) is 41.8. The predicted octanol–water partition coefficient (Wildman–Crippen LogP) is 11.9. The van der Waals surface area contributed by atoms with E-state index in [1.165, 1.54) is 36.8 Å². The Bertz CT molecular complexity index is 1100. The molecule has 274 valence electrons. The second kappa shape index (κ2) is 19.9. The van der Waals surface area contributed by atoms with E-state index in [4.69, 9.17) is 13.9 Å². The van der Waals surface area contributed by atoms with E-state index in [2.05, 4.69) is 92.4 Å². The number of Topliss-reactive ketones (excluding diaryl/α,β-unsaturated/α-hetero) is 1. The van der Waals surface area contributed by atoms with Gasteiger partial charge in [0.25, 0.3) is 0 Å². The first-order valence-corrected chi connectivity index (χ1v) is 24.0. The van der Waals surface area contributed by atoms with Gasteiger partial charge in [0.1, 0.15) is 4.08 Å². The van der Waals surface area contributed by atoms with Crippen molar-refractivity contribution >= 4 is 37.6 Å². The smallest absolute Gasteiger partial charge is 0.192 e. The molecule has 0 aliphatic carbocycles. The first-order chi connectivity index (χ1) is 22.7. The summed E-state index contributed by atoms with van der Waals surface area (Å²) in [7, 11) is -1.86. The van der Waals surface area contributed by atoms with Gasteiger partial charge in [-0.1, -0.05) is 110 Å². The molecule has 1 aromatic rings. The highest BCUT2D eigenvalue weighted by Gasteiger charge is 2.47. The summed E-state index contributed by atoms with van der Waals surface area (Å²) in [6, 6.07) is 10.4. The fourth-order valence-corrected chi connectivity index (χ4v) is 11.9. The van der Waals surface area contributed by atoms with Gasteiger partial charge in [0.2, 0.25) is 0 Å². The molecule has 3 rings (SSSR count). The van der Waals surface area contributed by atoms with Crippen LogP contribution in [0.3, 0.4) is 0 Å². The van der Waals surface area contributed by atoms with E-state index in [1.54, 1.807) is 0 Å². The minimum atomic E-state index is -1.86. The minimum Gasteiger partial charge on any atom is -0.414 e. The van der Waals surface area contributed by atoms with Gasteiger partial charge in [-0.3, -0.25) is 4.79 Å². The summed E-state index contributed by atoms with van der Waals surface area (Å²) in [5, 5.41) is 0.189. The molecule has 0 spiro atoms. The summed E-state index contributed by atoms with van der Waals surface area (Å²) in [6.07, 6.45) is 11.8. The van der Waals surface area contributed by atoms with E-state index in [0.29, 0.717) is 30.6 Å². The Morgan fingerprint density at radius 3 is 2.42 bits per heavy atom. The third-order valence-corrected chi connectivity index (χ3v) is 19.3. The van der Waals surface area contributed by atoms with Crippen LogP contribution in [0.25, 0.3) is 0 Å². The number of hydrogen-bond donors (Lipinski definition) is 0. The van der Waals surface area contributed by atoms with Gasteiger partial charge in [0.15, 0.2) is 14.1 Å². The Morgan fingerprint density at radius 1 is 1.08 bits per heavy atom. The number of carbonyl (C=O) groups is 1. The lowest BCUT2D eigenvalue weighted by molar-refractivity contribution is -0.122. The Hall–Kier alpha value is -0.573. The van der Waals surface area contributed by atoms with E-state index >= 15 is 0 Å². The topological polar surface area (TPSA) is 44.8 Å². The lowest BCUT2D eigenvalue weighted by Crippen LogP contribution is -2.44. The Balaban J connectivity index is 1.47. The molecule has 4 nitrogen and oxygen atoms in total. The molecule has 0 unspecified atom stereocenters. The fourth-order valence-electron chi connectivity index (χ4n) is 7.07. The van der Waals surface area contributed by atoms with Crippen LogP contribution in [-0.4, -0.2) is 54.6 Å². The van der Waals surface area contributed by atoms with Crippen molar-refractivity contribution in [1.29, 1.82) is 0 Å². The van der Waals surface area contributed by atoms with Crippen LogP contribution in [0.15, 0.2) is 42.5 Å². The van der Waals surface area contributed by atoms with Crippen LogP contribution in [-0.2, 0) is 25.3 Å². The Kier molecular flexibility index (Phi) is 17.3. The minimum absolute atomic E-state index is 0.0464. The van der Waals surface area contributed by atoms with Crippen LogP contribution < -0.4 is 0 Å². The van der Waals surface area contributed by atoms with Gasteiger partial charge >= 0.3 is 0 Å². The number of rotatable bonds is 21. The molecule has 7 heteroatoms. The summed E-state index contributed by atoms with van der Waals surface area (Å²) < 4.78 is 19.1. The van der Waals surface area contributed by atoms with E-state index in [9.17, 15) is 4.79 Å². The fraction of sp³-hybridized carbons (Fsp3) is 0.780. The summed E-state index contributed by atoms with van der Waals surface area (Å²) in [5.74, 6) is 3.80. The monoisotopic (exact) mass is 718 g/mol. The van der Waals surface area contributed by atoms with Gasteiger partial charge in [0, 0.05) is 19.1 Å². The zero-order valence-corrected chi connectivity index (χ0v) is 34.7. The van der Waals surface area contributed by atoms with Gasteiger partial charge in [-0.25, -0.2) is 0 Å². The van der Waals surface area contributed by atoms with Gasteiger partial charge in [-0.15, -0.1) is 23.5 Å². The van der Waals surface area contributed by atoms with Crippen molar-refractivity contribution in [3.8, 4) is 0 Å². The number of thioether (sulfide) groups is 2. The van der Waals surface area contributed by atoms with Gasteiger partial charge < -0.3 is 13.9 Å². The highest BCUT2D eigenvalue weighted by molar-refractivity contribution is 8.19. The highest BCUT2D eigenvalue weighted by Crippen LogP contribution is 2.51. The zero-order valence-electron chi connectivity index (χ0n) is 32.1. The van der Waals surface area contributed by atoms with Crippen molar-refractivity contribution in [3.63, 3.8) is 0 Å². The molecule has 2 aliphatic rings. The van der Waals surface area contributed by atoms with Crippen LogP contribution in [0.5, 0.6) is 0 Å². The summed E-state index contributed by atoms with van der Waals surface area (Å²) >= 11 is 3.80. The maximum Gasteiger partial charge on any atom is 0.192 e. The summed E-state index contributed by atoms with van der Waals surface area (Å²) in [5.41, 5.74) is 2.47. The van der Waals surface area contributed by atoms with E-state index in [1.807, 2.05) is 29.6 Å². The first-order valence-electron chi connectivity index (χ1n) is 19.1. The largest absolute Gasteiger partial charge is 0.414 e. The van der Waals surface area contributed by atoms with Gasteiger partial charge in [0.05, 0.1) is 18.8 Å². The maximum atomic E-state index is 14.3. The lowest BCUT2D eigenvalue weighted by atomic mass is 9.90. The van der Waals surface area contributed by atoms with Crippen molar-refractivity contribution in [1.82, 2.24) is 0 Å². The maximum absolute atomic E-state index is 14.3. The van der Waals surface area contributed by atoms with Crippen LogP contribution in [0, 0.1) is 17.8 Å². The van der Waals surface area contributed by atoms with Crippen molar-refractivity contribution in [2.45, 2.75) is 166 Å². The predicted molar refractivity (Wildman–Crippen MR) is 213 cm³/mol. The highest BCUT2D eigenvalue weighted by atomic mass is 32.2. The molecule has 2 aliphatic heterocycles. The van der Waals surface area contributed by atoms with Gasteiger partial charge in [-0.05, 0) is 97.9 Å². The molecule has 0 aromatic heterocycles. The quantitative estimate of drug-likeness (QED) is 0.0716. The Morgan fingerprint density at radius 2 is 1.77 bits per heavy atom. The second-order valence-corrected chi connectivity index (χ2v) is 24.3. The van der Waals surface area contributed by atoms with Crippen LogP contribution in [0.4, 0.5) is 0 Å². The molecule has 2 fully saturated rings. The van der Waals surface area contributed by atoms with Crippen LogP contribution >= 0.6 is 23.5 Å². The molecule has 48 heavy (non-hydrogen) atoms. The molecule has 2 saturated heterocycles. The number of benzene rings is 1. The molecular weight excluding hydrogens is 649 g/mol. The third-order valence-electron chi connectivity index (χ3n) is 10.9. The van der Waals surface area contributed by atoms with Crippen molar-refractivity contribution in [3.05, 3.63) is 48.0 Å². The van der Waals surface area contributed by atoms with Crippen LogP contribution in [0.1, 0.15) is 125 Å². The van der Waals surface area contributed by atoms with Crippen molar-refractivity contribution < 1.29 is 18.7 Å². The standard InChI is InChI=1S/C41H70O4S2Si/c1-11-18-36(45-48(9,10)40(6,7)8)26-32(3)25-34(5)41(46-23-17-24-47-41)39(42)28-37-27-33(4)38(44-37)22-16-15-19-31(2)29-43-30-35-20-13-12-14-21-35/h12-14,20-21,31,33-34,36-38H,3,11,15-19,22-30H2,1-2,4-10H3/t31-,33-,34+,36+,37+,38-/m0/s1. The second-order valence-electron chi connectivity index (χ2n) is 16.6. The number of unbranched alkanes of at least 4 members (excludes halogenated alkanes) is 1. The molecule has 0 radical (unpaired) electrons. The molecule has 6 atom stereocenters. The van der Waals surface area contributed by atoms with E-state index < -0.39 is 12.4 Å². The molecule has 0 N–H and O–H groups in total. The van der Waals surface area contributed by atoms with Crippen molar-refractivity contribution in [2.75, 3.05) is 18.1 Å². The van der Waals surface area contributed by atoms with E-state index in [0.717, 1.165) is 56.6 Å². The number of carbonyl (C=O) groups excluding carboxylic acids is 1. The Labute approximate surface area is 305 Å². The number of ketones is 1. The molecule has 0 bridgehead atoms. The molecule has 0 saturated carbocycles. The number of ether oxygens (including phenoxy) is 2. The summed E-state index contributed by atoms with van der Waals surface area (Å²) in [6.45, 7) is 26.9. The SMILES string of the molecule is C=C(C[C@@H](CCC)O[Si](C)(C)C(C)(C)C)C[C@@H](C)C1(C(=O)C[C@H]2C[C@H](C)[C@H](CCCC[C@H](C)COCc3ccccc3)O2)SCCCS1. The number of hydrogen-bond acceptors (Lipinski definition) is 6. The van der Waals surface area contributed by atoms with Crippen LogP contribution in [0.2, 0.25) is 18.1 Å². The molecule has 0 amide bonds. The normalized spacial score (nSPS) is 23.5. The average molecular weight is 719 g/mol. The molecule has 1 aromatic carbocycles. The molecular formula is C41H70O4S2Si.